The largest absolute Gasteiger partial charge is 0.392 e. The van der Waals surface area contributed by atoms with Crippen LogP contribution in [0, 0.1) is 16.7 Å². The van der Waals surface area contributed by atoms with E-state index in [9.17, 15) is 9.32 Å². The summed E-state index contributed by atoms with van der Waals surface area (Å²) in [5.74, 6) is 1.19. The lowest BCUT2D eigenvalue weighted by molar-refractivity contribution is 0.0160. The predicted octanol–water partition coefficient (Wildman–Crippen LogP) is 2.98. The molecule has 3 heteroatoms. The van der Waals surface area contributed by atoms with Crippen LogP contribution >= 0.6 is 0 Å². The molecule has 0 aliphatic heterocycles. The van der Waals surface area contributed by atoms with Crippen molar-refractivity contribution in [2.75, 3.05) is 5.75 Å². The van der Waals surface area contributed by atoms with E-state index in [-0.39, 0.29) is 16.9 Å². The molecule has 3 rings (SSSR count). The Hall–Kier alpha value is -0.670. The molecule has 1 N–H and O–H groups in total. The monoisotopic (exact) mass is 278 g/mol. The second-order valence-electron chi connectivity index (χ2n) is 6.67. The maximum Gasteiger partial charge on any atom is 0.0613 e. The quantitative estimate of drug-likeness (QED) is 0.923. The summed E-state index contributed by atoms with van der Waals surface area (Å²) in [7, 11) is -1.01. The van der Waals surface area contributed by atoms with Crippen LogP contribution in [0.2, 0.25) is 0 Å². The summed E-state index contributed by atoms with van der Waals surface area (Å²) in [6.45, 7) is 4.51. The number of hydrogen-bond donors (Lipinski definition) is 1. The molecule has 1 aromatic carbocycles. The highest BCUT2D eigenvalue weighted by Gasteiger charge is 2.64. The van der Waals surface area contributed by atoms with E-state index in [4.69, 9.17) is 0 Å². The zero-order chi connectivity index (χ0) is 13.7. The molecular formula is C16H22O2S. The van der Waals surface area contributed by atoms with Crippen molar-refractivity contribution in [2.45, 2.75) is 44.1 Å². The molecular weight excluding hydrogens is 256 g/mol. The third kappa shape index (κ3) is 1.82. The van der Waals surface area contributed by atoms with Crippen molar-refractivity contribution in [3.05, 3.63) is 30.3 Å². The average Bonchev–Trinajstić information content (AvgIpc) is 2.74. The average molecular weight is 278 g/mol. The molecule has 104 valence electrons. The number of rotatable bonds is 3. The Morgan fingerprint density at radius 1 is 1.32 bits per heavy atom. The van der Waals surface area contributed by atoms with Gasteiger partial charge in [0.2, 0.25) is 0 Å². The van der Waals surface area contributed by atoms with E-state index in [1.807, 2.05) is 30.3 Å². The van der Waals surface area contributed by atoms with Gasteiger partial charge in [-0.2, -0.15) is 0 Å². The lowest BCUT2D eigenvalue weighted by atomic mass is 9.70. The zero-order valence-corrected chi connectivity index (χ0v) is 12.5. The van der Waals surface area contributed by atoms with Gasteiger partial charge in [-0.3, -0.25) is 4.21 Å². The fourth-order valence-corrected chi connectivity index (χ4v) is 6.07. The standard InChI is InChI=1S/C16H22O2S/c1-15(2)12-8-9-16(15,14(17)10-12)11-19(18)13-6-4-3-5-7-13/h3-7,12,14,17H,8-11H2,1-2H3. The highest BCUT2D eigenvalue weighted by molar-refractivity contribution is 7.85. The number of fused-ring (bicyclic) bond motifs is 2. The number of aliphatic hydroxyl groups excluding tert-OH is 1. The van der Waals surface area contributed by atoms with E-state index in [2.05, 4.69) is 13.8 Å². The molecule has 0 aromatic heterocycles. The lowest BCUT2D eigenvalue weighted by Crippen LogP contribution is -2.43. The second-order valence-corrected chi connectivity index (χ2v) is 8.12. The predicted molar refractivity (Wildman–Crippen MR) is 77.3 cm³/mol. The molecule has 2 aliphatic rings. The lowest BCUT2D eigenvalue weighted by Gasteiger charge is -2.40. The van der Waals surface area contributed by atoms with Crippen molar-refractivity contribution in [2.24, 2.45) is 16.7 Å². The van der Waals surface area contributed by atoms with Gasteiger partial charge in [-0.25, -0.2) is 0 Å². The van der Waals surface area contributed by atoms with Crippen LogP contribution in [0.1, 0.15) is 33.1 Å². The van der Waals surface area contributed by atoms with E-state index in [0.717, 1.165) is 17.7 Å². The molecule has 2 nitrogen and oxygen atoms in total. The van der Waals surface area contributed by atoms with Crippen LogP contribution in [-0.2, 0) is 10.8 Å². The molecule has 0 heterocycles. The first-order valence-corrected chi connectivity index (χ1v) is 8.41. The van der Waals surface area contributed by atoms with E-state index < -0.39 is 10.8 Å². The van der Waals surface area contributed by atoms with Crippen LogP contribution < -0.4 is 0 Å². The molecule has 0 saturated heterocycles. The van der Waals surface area contributed by atoms with Crippen LogP contribution in [0.3, 0.4) is 0 Å². The molecule has 0 amide bonds. The summed E-state index contributed by atoms with van der Waals surface area (Å²) in [6.07, 6.45) is 2.80. The highest BCUT2D eigenvalue weighted by atomic mass is 32.2. The number of aliphatic hydroxyl groups is 1. The van der Waals surface area contributed by atoms with Gasteiger partial charge in [0.05, 0.1) is 16.9 Å². The van der Waals surface area contributed by atoms with E-state index in [1.54, 1.807) is 0 Å². The van der Waals surface area contributed by atoms with Crippen molar-refractivity contribution in [1.82, 2.24) is 0 Å². The summed E-state index contributed by atoms with van der Waals surface area (Å²) in [5.41, 5.74) is -0.0464. The van der Waals surface area contributed by atoms with Crippen LogP contribution in [0.25, 0.3) is 0 Å². The number of benzene rings is 1. The van der Waals surface area contributed by atoms with Gasteiger partial charge in [0.1, 0.15) is 0 Å². The fraction of sp³-hybridized carbons (Fsp3) is 0.625. The van der Waals surface area contributed by atoms with Gasteiger partial charge in [-0.05, 0) is 42.7 Å². The van der Waals surface area contributed by atoms with E-state index in [0.29, 0.717) is 11.7 Å². The molecule has 4 unspecified atom stereocenters. The summed E-state index contributed by atoms with van der Waals surface area (Å²) < 4.78 is 12.6. The maximum absolute atomic E-state index is 12.6. The van der Waals surface area contributed by atoms with Gasteiger partial charge in [0.25, 0.3) is 0 Å². The first-order chi connectivity index (χ1) is 8.97. The van der Waals surface area contributed by atoms with Crippen molar-refractivity contribution in [3.63, 3.8) is 0 Å². The topological polar surface area (TPSA) is 37.3 Å². The van der Waals surface area contributed by atoms with Crippen molar-refractivity contribution < 1.29 is 9.32 Å². The third-order valence-corrected chi connectivity index (χ3v) is 7.36. The molecule has 2 fully saturated rings. The molecule has 2 aliphatic carbocycles. The molecule has 2 bridgehead atoms. The molecule has 1 aromatic rings. The minimum Gasteiger partial charge on any atom is -0.392 e. The molecule has 4 atom stereocenters. The van der Waals surface area contributed by atoms with Crippen molar-refractivity contribution in [1.29, 1.82) is 0 Å². The Kier molecular flexibility index (Phi) is 3.10. The molecule has 0 radical (unpaired) electrons. The Morgan fingerprint density at radius 2 is 2.00 bits per heavy atom. The van der Waals surface area contributed by atoms with Crippen molar-refractivity contribution in [3.8, 4) is 0 Å². The van der Waals surface area contributed by atoms with Gasteiger partial charge < -0.3 is 5.11 Å². The number of hydrogen-bond acceptors (Lipinski definition) is 2. The van der Waals surface area contributed by atoms with Crippen LogP contribution in [0.15, 0.2) is 35.2 Å². The summed E-state index contributed by atoms with van der Waals surface area (Å²) in [6, 6.07) is 9.65. The van der Waals surface area contributed by atoms with E-state index in [1.165, 1.54) is 6.42 Å². The normalized spacial score (nSPS) is 37.4. The SMILES string of the molecule is CC1(C)C2CCC1(CS(=O)c1ccccc1)C(O)C2. The second kappa shape index (κ2) is 4.42. The highest BCUT2D eigenvalue weighted by Crippen LogP contribution is 2.66. The van der Waals surface area contributed by atoms with Gasteiger partial charge in [-0.1, -0.05) is 32.0 Å². The molecule has 2 saturated carbocycles. The minimum atomic E-state index is -1.01. The van der Waals surface area contributed by atoms with Gasteiger partial charge in [0.15, 0.2) is 0 Å². The van der Waals surface area contributed by atoms with Crippen LogP contribution in [0.5, 0.6) is 0 Å². The smallest absolute Gasteiger partial charge is 0.0613 e. The zero-order valence-electron chi connectivity index (χ0n) is 11.6. The third-order valence-electron chi connectivity index (χ3n) is 5.78. The maximum atomic E-state index is 12.6. The van der Waals surface area contributed by atoms with Crippen LogP contribution in [-0.4, -0.2) is 21.2 Å². The Bertz CT molecular complexity index is 497. The Labute approximate surface area is 117 Å². The molecule has 19 heavy (non-hydrogen) atoms. The summed E-state index contributed by atoms with van der Waals surface area (Å²) in [5, 5.41) is 10.5. The first-order valence-electron chi connectivity index (χ1n) is 7.09. The minimum absolute atomic E-state index is 0.108. The van der Waals surface area contributed by atoms with Gasteiger partial charge in [-0.15, -0.1) is 0 Å². The van der Waals surface area contributed by atoms with E-state index >= 15 is 0 Å². The van der Waals surface area contributed by atoms with Crippen LogP contribution in [0.4, 0.5) is 0 Å². The first kappa shape index (κ1) is 13.3. The summed E-state index contributed by atoms with van der Waals surface area (Å²) in [4.78, 5) is 0.884. The van der Waals surface area contributed by atoms with Gasteiger partial charge in [0, 0.05) is 16.1 Å². The van der Waals surface area contributed by atoms with Gasteiger partial charge >= 0.3 is 0 Å². The van der Waals surface area contributed by atoms with Crippen molar-refractivity contribution >= 4 is 10.8 Å². The summed E-state index contributed by atoms with van der Waals surface area (Å²) >= 11 is 0. The Morgan fingerprint density at radius 3 is 2.53 bits per heavy atom. The fourth-order valence-electron chi connectivity index (χ4n) is 4.27. The molecule has 0 spiro atoms. The Balaban J connectivity index is 1.88.